The smallest absolute Gasteiger partial charge is 0.271 e. The van der Waals surface area contributed by atoms with E-state index >= 15 is 0 Å². The Morgan fingerprint density at radius 3 is 2.58 bits per heavy atom. The molecule has 0 atom stereocenters. The quantitative estimate of drug-likeness (QED) is 0.174. The van der Waals surface area contributed by atoms with Crippen molar-refractivity contribution in [1.29, 1.82) is 0 Å². The fraction of sp³-hybridized carbons (Fsp3) is 0.0400. The molecule has 0 heterocycles. The van der Waals surface area contributed by atoms with Crippen LogP contribution in [0.1, 0.15) is 21.5 Å². The predicted octanol–water partition coefficient (Wildman–Crippen LogP) is 6.44. The van der Waals surface area contributed by atoms with Gasteiger partial charge in [0.1, 0.15) is 12.4 Å². The lowest BCUT2D eigenvalue weighted by Crippen LogP contribution is -2.17. The van der Waals surface area contributed by atoms with Gasteiger partial charge in [0.05, 0.1) is 9.78 Å². The predicted molar refractivity (Wildman–Crippen MR) is 134 cm³/mol. The zero-order chi connectivity index (χ0) is 21.6. The van der Waals surface area contributed by atoms with E-state index in [1.807, 2.05) is 36.4 Å². The van der Waals surface area contributed by atoms with Crippen molar-refractivity contribution in [2.45, 2.75) is 6.61 Å². The summed E-state index contributed by atoms with van der Waals surface area (Å²) in [5.41, 5.74) is 5.01. The minimum atomic E-state index is -0.294. The summed E-state index contributed by atoms with van der Waals surface area (Å²) in [6.07, 6.45) is 1.60. The van der Waals surface area contributed by atoms with Crippen LogP contribution < -0.4 is 10.2 Å². The average molecular weight is 541 g/mol. The summed E-state index contributed by atoms with van der Waals surface area (Å²) in [5.74, 6) is 0.508. The normalized spacial score (nSPS) is 11.0. The van der Waals surface area contributed by atoms with Gasteiger partial charge in [-0.25, -0.2) is 5.43 Å². The molecule has 1 amide bonds. The summed E-state index contributed by atoms with van der Waals surface area (Å²) < 4.78 is 7.03. The fourth-order valence-corrected chi connectivity index (χ4v) is 3.94. The molecule has 0 unspecified atom stereocenters. The number of ether oxygens (including phenoxy) is 1. The minimum Gasteiger partial charge on any atom is -0.488 e. The van der Waals surface area contributed by atoms with Crippen LogP contribution in [0.25, 0.3) is 10.8 Å². The van der Waals surface area contributed by atoms with E-state index in [-0.39, 0.29) is 5.91 Å². The number of amides is 1. The van der Waals surface area contributed by atoms with Gasteiger partial charge in [-0.3, -0.25) is 4.79 Å². The number of carbonyl (C=O) groups is 1. The standard InChI is InChI=1S/C25H18ClIN2O2/c26-21-11-9-19(10-12-21)25(30)29-28-15-17-8-13-24(23(27)14-17)31-16-20-6-3-5-18-4-1-2-7-22(18)20/h1-15H,16H2,(H,29,30)/b28-15-. The summed E-state index contributed by atoms with van der Waals surface area (Å²) in [5, 5.41) is 7.01. The Labute approximate surface area is 199 Å². The molecule has 4 aromatic rings. The fourth-order valence-electron chi connectivity index (χ4n) is 3.12. The number of rotatable bonds is 6. The van der Waals surface area contributed by atoms with E-state index in [2.05, 4.69) is 57.4 Å². The lowest BCUT2D eigenvalue weighted by Gasteiger charge is -2.11. The van der Waals surface area contributed by atoms with Gasteiger partial charge in [0, 0.05) is 10.6 Å². The highest BCUT2D eigenvalue weighted by atomic mass is 127. The molecular formula is C25H18ClIN2O2. The molecule has 0 radical (unpaired) electrons. The van der Waals surface area contributed by atoms with E-state index < -0.39 is 0 Å². The Morgan fingerprint density at radius 1 is 1.00 bits per heavy atom. The van der Waals surface area contributed by atoms with Crippen molar-refractivity contribution in [1.82, 2.24) is 5.43 Å². The molecule has 4 aromatic carbocycles. The molecule has 0 fully saturated rings. The number of nitrogens with zero attached hydrogens (tertiary/aromatic N) is 1. The maximum atomic E-state index is 12.1. The zero-order valence-corrected chi connectivity index (χ0v) is 19.3. The van der Waals surface area contributed by atoms with Gasteiger partial charge in [-0.05, 0) is 87.0 Å². The molecule has 31 heavy (non-hydrogen) atoms. The summed E-state index contributed by atoms with van der Waals surface area (Å²) in [7, 11) is 0. The molecule has 0 spiro atoms. The zero-order valence-electron chi connectivity index (χ0n) is 16.4. The van der Waals surface area contributed by atoms with Crippen molar-refractivity contribution in [2.24, 2.45) is 5.10 Å². The lowest BCUT2D eigenvalue weighted by molar-refractivity contribution is 0.0955. The number of fused-ring (bicyclic) bond motifs is 1. The molecule has 0 saturated heterocycles. The number of hydrogen-bond donors (Lipinski definition) is 1. The van der Waals surface area contributed by atoms with E-state index in [0.717, 1.165) is 20.4 Å². The van der Waals surface area contributed by atoms with Gasteiger partial charge in [-0.2, -0.15) is 5.10 Å². The second-order valence-corrected chi connectivity index (χ2v) is 8.42. The van der Waals surface area contributed by atoms with Crippen molar-refractivity contribution in [3.63, 3.8) is 0 Å². The van der Waals surface area contributed by atoms with Gasteiger partial charge in [-0.15, -0.1) is 0 Å². The van der Waals surface area contributed by atoms with Crippen LogP contribution in [-0.2, 0) is 6.61 Å². The van der Waals surface area contributed by atoms with Crippen molar-refractivity contribution in [2.75, 3.05) is 0 Å². The largest absolute Gasteiger partial charge is 0.488 e. The first kappa shape index (κ1) is 21.3. The Morgan fingerprint density at radius 2 is 1.77 bits per heavy atom. The first-order valence-electron chi connectivity index (χ1n) is 9.58. The highest BCUT2D eigenvalue weighted by Crippen LogP contribution is 2.25. The van der Waals surface area contributed by atoms with Crippen LogP contribution in [0.5, 0.6) is 5.75 Å². The molecule has 6 heteroatoms. The number of benzene rings is 4. The molecule has 1 N–H and O–H groups in total. The van der Waals surface area contributed by atoms with Gasteiger partial charge >= 0.3 is 0 Å². The van der Waals surface area contributed by atoms with Crippen LogP contribution in [0.2, 0.25) is 5.02 Å². The Hall–Kier alpha value is -2.90. The summed E-state index contributed by atoms with van der Waals surface area (Å²) in [6.45, 7) is 0.488. The second-order valence-electron chi connectivity index (χ2n) is 6.82. The third-order valence-corrected chi connectivity index (χ3v) is 5.80. The number of hydrazone groups is 1. The van der Waals surface area contributed by atoms with E-state index in [4.69, 9.17) is 16.3 Å². The molecule has 154 valence electrons. The lowest BCUT2D eigenvalue weighted by atomic mass is 10.1. The van der Waals surface area contributed by atoms with E-state index in [1.54, 1.807) is 30.5 Å². The maximum absolute atomic E-state index is 12.1. The minimum absolute atomic E-state index is 0.294. The molecule has 0 bridgehead atoms. The highest BCUT2D eigenvalue weighted by molar-refractivity contribution is 14.1. The van der Waals surface area contributed by atoms with Crippen LogP contribution in [0, 0.1) is 3.57 Å². The first-order chi connectivity index (χ1) is 15.1. The molecule has 4 nitrogen and oxygen atoms in total. The Bertz CT molecular complexity index is 1250. The SMILES string of the molecule is O=C(N/N=C\c1ccc(OCc2cccc3ccccc23)c(I)c1)c1ccc(Cl)cc1. The van der Waals surface area contributed by atoms with E-state index in [1.165, 1.54) is 10.8 Å². The van der Waals surface area contributed by atoms with Crippen LogP contribution in [0.4, 0.5) is 0 Å². The van der Waals surface area contributed by atoms with E-state index in [0.29, 0.717) is 17.2 Å². The second kappa shape index (κ2) is 9.94. The third kappa shape index (κ3) is 5.42. The summed E-state index contributed by atoms with van der Waals surface area (Å²) >= 11 is 8.08. The highest BCUT2D eigenvalue weighted by Gasteiger charge is 2.06. The Kier molecular flexibility index (Phi) is 6.84. The number of hydrogen-bond acceptors (Lipinski definition) is 3. The van der Waals surface area contributed by atoms with Crippen LogP contribution in [0.15, 0.2) is 90.0 Å². The van der Waals surface area contributed by atoms with Crippen molar-refractivity contribution < 1.29 is 9.53 Å². The van der Waals surface area contributed by atoms with Gasteiger partial charge < -0.3 is 4.74 Å². The van der Waals surface area contributed by atoms with Crippen molar-refractivity contribution in [3.05, 3.63) is 110 Å². The number of nitrogens with one attached hydrogen (secondary N) is 1. The Balaban J connectivity index is 1.39. The summed E-state index contributed by atoms with van der Waals surface area (Å²) in [6, 6.07) is 26.9. The third-order valence-electron chi connectivity index (χ3n) is 4.71. The molecule has 0 aliphatic rings. The van der Waals surface area contributed by atoms with Crippen molar-refractivity contribution >= 4 is 57.1 Å². The molecule has 4 rings (SSSR count). The van der Waals surface area contributed by atoms with Gasteiger partial charge in [-0.1, -0.05) is 54.1 Å². The van der Waals surface area contributed by atoms with Crippen LogP contribution in [0.3, 0.4) is 0 Å². The first-order valence-corrected chi connectivity index (χ1v) is 11.0. The summed E-state index contributed by atoms with van der Waals surface area (Å²) in [4.78, 5) is 12.1. The number of carbonyl (C=O) groups excluding carboxylic acids is 1. The molecule has 0 aromatic heterocycles. The van der Waals surface area contributed by atoms with Crippen LogP contribution in [-0.4, -0.2) is 12.1 Å². The molecule has 0 aliphatic carbocycles. The topological polar surface area (TPSA) is 50.7 Å². The molecule has 0 aliphatic heterocycles. The molecule has 0 saturated carbocycles. The number of halogens is 2. The monoisotopic (exact) mass is 540 g/mol. The average Bonchev–Trinajstić information content (AvgIpc) is 2.79. The van der Waals surface area contributed by atoms with Crippen LogP contribution >= 0.6 is 34.2 Å². The van der Waals surface area contributed by atoms with E-state index in [9.17, 15) is 4.79 Å². The van der Waals surface area contributed by atoms with Gasteiger partial charge in [0.25, 0.3) is 5.91 Å². The maximum Gasteiger partial charge on any atom is 0.271 e. The van der Waals surface area contributed by atoms with Crippen molar-refractivity contribution in [3.8, 4) is 5.75 Å². The van der Waals surface area contributed by atoms with Gasteiger partial charge in [0.2, 0.25) is 0 Å². The van der Waals surface area contributed by atoms with Gasteiger partial charge in [0.15, 0.2) is 0 Å². The molecular weight excluding hydrogens is 523 g/mol.